The van der Waals surface area contributed by atoms with Crippen molar-refractivity contribution < 1.29 is 27.9 Å². The maximum atomic E-state index is 13.4. The van der Waals surface area contributed by atoms with Crippen LogP contribution in [-0.2, 0) is 32.2 Å². The third-order valence-electron chi connectivity index (χ3n) is 4.45. The van der Waals surface area contributed by atoms with E-state index < -0.39 is 15.8 Å². The summed E-state index contributed by atoms with van der Waals surface area (Å²) in [5, 5.41) is 25.4. The van der Waals surface area contributed by atoms with Crippen LogP contribution in [0.4, 0.5) is 0 Å². The van der Waals surface area contributed by atoms with Crippen LogP contribution in [0.5, 0.6) is 5.75 Å². The number of ether oxygens (including phenoxy) is 1. The highest BCUT2D eigenvalue weighted by molar-refractivity contribution is 9.11. The van der Waals surface area contributed by atoms with Crippen molar-refractivity contribution in [2.24, 2.45) is 0 Å². The molecule has 0 fully saturated rings. The molecule has 0 aliphatic rings. The van der Waals surface area contributed by atoms with E-state index in [1.54, 1.807) is 0 Å². The lowest BCUT2D eigenvalue weighted by Gasteiger charge is -2.13. The predicted molar refractivity (Wildman–Crippen MR) is 122 cm³/mol. The summed E-state index contributed by atoms with van der Waals surface area (Å²) in [5.41, 5.74) is 1.11. The Hall–Kier alpha value is -2.21. The van der Waals surface area contributed by atoms with Gasteiger partial charge < -0.3 is 15.1 Å². The van der Waals surface area contributed by atoms with Crippen LogP contribution in [0.2, 0.25) is 5.15 Å². The predicted octanol–water partition coefficient (Wildman–Crippen LogP) is 3.74. The van der Waals surface area contributed by atoms with Crippen LogP contribution in [0.25, 0.3) is 0 Å². The van der Waals surface area contributed by atoms with Gasteiger partial charge in [-0.2, -0.15) is 0 Å². The molecule has 1 aromatic heterocycles. The number of esters is 1. The first-order valence-corrected chi connectivity index (χ1v) is 12.3. The summed E-state index contributed by atoms with van der Waals surface area (Å²) in [6, 6.07) is 9.77. The lowest BCUT2D eigenvalue weighted by atomic mass is 10.1. The maximum Gasteiger partial charge on any atom is 0.313 e. The molecule has 32 heavy (non-hydrogen) atoms. The highest BCUT2D eigenvalue weighted by atomic mass is 79.9. The Bertz CT molecular complexity index is 1290. The number of nitrogens with zero attached hydrogens (tertiary/aromatic N) is 2. The molecule has 0 atom stereocenters. The second-order valence-electron chi connectivity index (χ2n) is 6.63. The lowest BCUT2D eigenvalue weighted by Crippen LogP contribution is -2.33. The van der Waals surface area contributed by atoms with Crippen molar-refractivity contribution in [2.45, 2.75) is 22.6 Å². The minimum absolute atomic E-state index is 0.00894. The summed E-state index contributed by atoms with van der Waals surface area (Å²) in [6.45, 7) is 0. The zero-order valence-electron chi connectivity index (χ0n) is 16.4. The summed E-state index contributed by atoms with van der Waals surface area (Å²) in [6.07, 6.45) is -0.0137. The number of aromatic hydroxyl groups is 1. The second-order valence-corrected chi connectivity index (χ2v) is 10.6. The van der Waals surface area contributed by atoms with Gasteiger partial charge >= 0.3 is 11.1 Å². The Morgan fingerprint density at radius 3 is 2.44 bits per heavy atom. The van der Waals surface area contributed by atoms with Crippen LogP contribution in [0.1, 0.15) is 16.8 Å². The van der Waals surface area contributed by atoms with Gasteiger partial charge in [-0.25, -0.2) is 8.42 Å². The van der Waals surface area contributed by atoms with Crippen molar-refractivity contribution in [3.8, 4) is 5.75 Å². The van der Waals surface area contributed by atoms with Gasteiger partial charge in [0.05, 0.1) is 18.4 Å². The van der Waals surface area contributed by atoms with E-state index in [0.717, 1.165) is 0 Å². The average molecular weight is 607 g/mol. The maximum absolute atomic E-state index is 13.4. The topological polar surface area (TPSA) is 120 Å². The second kappa shape index (κ2) is 9.74. The van der Waals surface area contributed by atoms with E-state index in [1.165, 1.54) is 49.6 Å². The summed E-state index contributed by atoms with van der Waals surface area (Å²) in [7, 11) is -2.76. The number of benzene rings is 2. The van der Waals surface area contributed by atoms with Crippen molar-refractivity contribution >= 4 is 59.3 Å². The van der Waals surface area contributed by atoms with Crippen molar-refractivity contribution in [3.05, 3.63) is 78.6 Å². The molecular weight excluding hydrogens is 592 g/mol. The third kappa shape index (κ3) is 5.22. The van der Waals surface area contributed by atoms with E-state index in [9.17, 15) is 23.5 Å². The standard InChI is InChI=1S/C20H15Br2ClN2O6S/c1-31-19(27)8-11-6-15(21)20(16(22)7-11)32(29,30)14-3-4-17(26)12(10-14)9-13-2-5-18(23)25(28)24-13/h2-7,10,26H,8-9H2,1H3. The molecule has 3 rings (SSSR count). The van der Waals surface area contributed by atoms with E-state index in [0.29, 0.717) is 11.3 Å². The Balaban J connectivity index is 2.01. The number of sulfone groups is 1. The molecule has 8 nitrogen and oxygen atoms in total. The number of phenols is 1. The SMILES string of the molecule is COC(=O)Cc1cc(Br)c(S(=O)(=O)c2ccc(O)c(Cc3ccc(Cl)[n+]([O-])n3)c2)c(Br)c1. The number of carbonyl (C=O) groups is 1. The smallest absolute Gasteiger partial charge is 0.313 e. The summed E-state index contributed by atoms with van der Waals surface area (Å²) in [4.78, 5) is 11.7. The van der Waals surface area contributed by atoms with Gasteiger partial charge in [0, 0.05) is 32.1 Å². The zero-order valence-corrected chi connectivity index (χ0v) is 21.1. The van der Waals surface area contributed by atoms with Crippen molar-refractivity contribution in [3.63, 3.8) is 0 Å². The van der Waals surface area contributed by atoms with Gasteiger partial charge in [-0.3, -0.25) is 4.79 Å². The van der Waals surface area contributed by atoms with Gasteiger partial charge in [-0.15, -0.1) is 0 Å². The molecule has 2 aromatic carbocycles. The van der Waals surface area contributed by atoms with Gasteiger partial charge in [0.15, 0.2) is 0 Å². The third-order valence-corrected chi connectivity index (χ3v) is 8.35. The molecule has 0 saturated carbocycles. The van der Waals surface area contributed by atoms with Crippen LogP contribution < -0.4 is 4.85 Å². The molecule has 0 saturated heterocycles. The van der Waals surface area contributed by atoms with E-state index >= 15 is 0 Å². The van der Waals surface area contributed by atoms with Crippen LogP contribution in [0.15, 0.2) is 61.2 Å². The van der Waals surface area contributed by atoms with Crippen LogP contribution in [0, 0.1) is 5.21 Å². The molecule has 0 aliphatic carbocycles. The Morgan fingerprint density at radius 1 is 1.19 bits per heavy atom. The fourth-order valence-electron chi connectivity index (χ4n) is 2.91. The zero-order chi connectivity index (χ0) is 23.6. The number of aromatic nitrogens is 2. The number of hydrogen-bond donors (Lipinski definition) is 1. The summed E-state index contributed by atoms with van der Waals surface area (Å²) >= 11 is 12.2. The van der Waals surface area contributed by atoms with E-state index in [1.807, 2.05) is 0 Å². The Labute approximate surface area is 205 Å². The van der Waals surface area contributed by atoms with Gasteiger partial charge in [-0.05, 0) is 90.3 Å². The van der Waals surface area contributed by atoms with Gasteiger partial charge in [0.25, 0.3) is 0 Å². The van der Waals surface area contributed by atoms with E-state index in [4.69, 9.17) is 11.6 Å². The molecule has 1 heterocycles. The van der Waals surface area contributed by atoms with E-state index in [-0.39, 0.29) is 52.9 Å². The Kier molecular flexibility index (Phi) is 7.43. The highest BCUT2D eigenvalue weighted by Gasteiger charge is 2.26. The van der Waals surface area contributed by atoms with Gasteiger partial charge in [-0.1, -0.05) is 0 Å². The van der Waals surface area contributed by atoms with Crippen LogP contribution >= 0.6 is 43.5 Å². The minimum atomic E-state index is -4.03. The molecule has 3 aromatic rings. The molecule has 0 spiro atoms. The van der Waals surface area contributed by atoms with Crippen molar-refractivity contribution in [1.29, 1.82) is 0 Å². The normalized spacial score (nSPS) is 11.4. The van der Waals surface area contributed by atoms with Crippen molar-refractivity contribution in [1.82, 2.24) is 5.10 Å². The molecule has 0 bridgehead atoms. The molecule has 0 aliphatic heterocycles. The quantitative estimate of drug-likeness (QED) is 0.258. The highest BCUT2D eigenvalue weighted by Crippen LogP contribution is 2.37. The van der Waals surface area contributed by atoms with Crippen molar-refractivity contribution in [2.75, 3.05) is 7.11 Å². The number of hydrogen-bond acceptors (Lipinski definition) is 7. The first-order valence-electron chi connectivity index (χ1n) is 8.90. The fraction of sp³-hybridized carbons (Fsp3) is 0.150. The first kappa shape index (κ1) is 24.4. The average Bonchev–Trinajstić information content (AvgIpc) is 2.71. The number of halogens is 3. The number of rotatable bonds is 6. The van der Waals surface area contributed by atoms with Gasteiger partial charge in [0.1, 0.15) is 16.3 Å². The van der Waals surface area contributed by atoms with E-state index in [2.05, 4.69) is 41.7 Å². The summed E-state index contributed by atoms with van der Waals surface area (Å²) in [5.74, 6) is -0.609. The Morgan fingerprint density at radius 2 is 1.84 bits per heavy atom. The summed E-state index contributed by atoms with van der Waals surface area (Å²) < 4.78 is 31.9. The monoisotopic (exact) mass is 604 g/mol. The number of methoxy groups -OCH3 is 1. The molecule has 0 amide bonds. The molecule has 168 valence electrons. The van der Waals surface area contributed by atoms with Crippen LogP contribution in [0.3, 0.4) is 0 Å². The molecule has 0 unspecified atom stereocenters. The number of carbonyl (C=O) groups excluding carboxylic acids is 1. The fourth-order valence-corrected chi connectivity index (χ4v) is 6.99. The van der Waals surface area contributed by atoms with Crippen LogP contribution in [-0.4, -0.2) is 31.7 Å². The minimum Gasteiger partial charge on any atom is -0.593 e. The largest absolute Gasteiger partial charge is 0.593 e. The lowest BCUT2D eigenvalue weighted by molar-refractivity contribution is -0.667. The van der Waals surface area contributed by atoms with Gasteiger partial charge in [0.2, 0.25) is 9.84 Å². The molecule has 0 radical (unpaired) electrons. The molecule has 12 heteroatoms. The molecule has 1 N–H and O–H groups in total. The number of phenolic OH excluding ortho intramolecular Hbond substituents is 1. The molecular formula is C20H15Br2ClN2O6S. The first-order chi connectivity index (χ1) is 15.0.